The molecule has 29 heavy (non-hydrogen) atoms. The molecule has 1 heterocycles. The van der Waals surface area contributed by atoms with E-state index in [0.29, 0.717) is 22.0 Å². The molecule has 2 aromatic rings. The van der Waals surface area contributed by atoms with Crippen molar-refractivity contribution in [3.63, 3.8) is 0 Å². The first-order valence-electron chi connectivity index (χ1n) is 8.77. The van der Waals surface area contributed by atoms with Crippen molar-refractivity contribution in [3.05, 3.63) is 58.5 Å². The van der Waals surface area contributed by atoms with E-state index in [2.05, 4.69) is 5.32 Å². The number of methoxy groups -OCH3 is 1. The Morgan fingerprint density at radius 1 is 1.17 bits per heavy atom. The smallest absolute Gasteiger partial charge is 0.293 e. The zero-order valence-electron chi connectivity index (χ0n) is 16.2. The highest BCUT2D eigenvalue weighted by Gasteiger charge is 2.31. The number of imide groups is 1. The summed E-state index contributed by atoms with van der Waals surface area (Å²) in [6.07, 6.45) is 1.62. The third kappa shape index (κ3) is 4.78. The van der Waals surface area contributed by atoms with Crippen molar-refractivity contribution >= 4 is 40.6 Å². The fraction of sp³-hybridized carbons (Fsp3) is 0.190. The highest BCUT2D eigenvalue weighted by Crippen LogP contribution is 2.33. The Bertz CT molecular complexity index is 1000. The molecule has 1 N–H and O–H groups in total. The van der Waals surface area contributed by atoms with Gasteiger partial charge in [0.1, 0.15) is 0 Å². The maximum absolute atomic E-state index is 12.2. The number of aryl methyl sites for hydroxylation is 1. The summed E-state index contributed by atoms with van der Waals surface area (Å²) < 4.78 is 10.9. The molecule has 150 valence electrons. The Morgan fingerprint density at radius 2 is 1.93 bits per heavy atom. The summed E-state index contributed by atoms with van der Waals surface area (Å²) in [6, 6.07) is 12.5. The molecule has 8 heteroatoms. The normalized spacial score (nSPS) is 15.0. The third-order valence-electron chi connectivity index (χ3n) is 4.25. The second-order valence-electron chi connectivity index (χ2n) is 6.30. The van der Waals surface area contributed by atoms with Gasteiger partial charge in [0.15, 0.2) is 18.1 Å². The number of anilines is 1. The lowest BCUT2D eigenvalue weighted by Gasteiger charge is -2.12. The average Bonchev–Trinajstić information content (AvgIpc) is 2.95. The number of para-hydroxylation sites is 1. The second kappa shape index (κ2) is 8.83. The van der Waals surface area contributed by atoms with E-state index in [9.17, 15) is 14.4 Å². The maximum Gasteiger partial charge on any atom is 0.293 e. The Balaban J connectivity index is 1.68. The van der Waals surface area contributed by atoms with Gasteiger partial charge in [-0.25, -0.2) is 0 Å². The number of ether oxygens (including phenoxy) is 2. The van der Waals surface area contributed by atoms with Crippen LogP contribution in [0.2, 0.25) is 0 Å². The molecule has 1 saturated heterocycles. The van der Waals surface area contributed by atoms with E-state index in [0.717, 1.165) is 27.9 Å². The van der Waals surface area contributed by atoms with E-state index >= 15 is 0 Å². The molecule has 2 aromatic carbocycles. The molecule has 3 rings (SSSR count). The molecule has 0 radical (unpaired) electrons. The molecule has 0 aliphatic carbocycles. The first-order chi connectivity index (χ1) is 13.9. The molecule has 0 atom stereocenters. The topological polar surface area (TPSA) is 84.9 Å². The van der Waals surface area contributed by atoms with E-state index in [1.54, 1.807) is 24.3 Å². The largest absolute Gasteiger partial charge is 0.493 e. The number of nitrogens with zero attached hydrogens (tertiary/aromatic N) is 1. The van der Waals surface area contributed by atoms with Gasteiger partial charge in [-0.05, 0) is 54.1 Å². The van der Waals surface area contributed by atoms with Crippen LogP contribution >= 0.6 is 11.8 Å². The summed E-state index contributed by atoms with van der Waals surface area (Å²) in [6.45, 7) is 1.73. The standard InChI is InChI=1S/C21H20N2O5S/c1-13-6-4-5-7-15(13)22-19(24)12-28-16-9-8-14(10-17(16)27-3)11-18-20(25)23(2)21(26)29-18/h4-11H,12H2,1-3H3,(H,22,24)/b18-11-. The van der Waals surface area contributed by atoms with Gasteiger partial charge in [-0.1, -0.05) is 24.3 Å². The molecule has 3 amide bonds. The molecule has 1 aliphatic heterocycles. The van der Waals surface area contributed by atoms with Crippen LogP contribution in [0.25, 0.3) is 6.08 Å². The molecule has 0 spiro atoms. The number of carbonyl (C=O) groups is 3. The maximum atomic E-state index is 12.2. The molecular weight excluding hydrogens is 392 g/mol. The Hall–Kier alpha value is -3.26. The minimum absolute atomic E-state index is 0.182. The van der Waals surface area contributed by atoms with Gasteiger partial charge in [0.05, 0.1) is 12.0 Å². The fourth-order valence-electron chi connectivity index (χ4n) is 2.63. The van der Waals surface area contributed by atoms with Gasteiger partial charge >= 0.3 is 0 Å². The van der Waals surface area contributed by atoms with Crippen LogP contribution in [0.5, 0.6) is 11.5 Å². The van der Waals surface area contributed by atoms with Crippen LogP contribution in [0.4, 0.5) is 10.5 Å². The van der Waals surface area contributed by atoms with Crippen LogP contribution in [0.3, 0.4) is 0 Å². The number of carbonyl (C=O) groups excluding carboxylic acids is 3. The van der Waals surface area contributed by atoms with Crippen LogP contribution in [0.15, 0.2) is 47.4 Å². The molecule has 1 fully saturated rings. The van der Waals surface area contributed by atoms with Gasteiger partial charge < -0.3 is 14.8 Å². The lowest BCUT2D eigenvalue weighted by Crippen LogP contribution is -2.22. The molecular formula is C21H20N2O5S. The van der Waals surface area contributed by atoms with Crippen molar-refractivity contribution in [1.29, 1.82) is 0 Å². The SMILES string of the molecule is COc1cc(/C=C2\SC(=O)N(C)C2=O)ccc1OCC(=O)Nc1ccccc1C. The van der Waals surface area contributed by atoms with E-state index in [-0.39, 0.29) is 23.7 Å². The number of benzene rings is 2. The number of amides is 3. The minimum Gasteiger partial charge on any atom is -0.493 e. The Morgan fingerprint density at radius 3 is 2.59 bits per heavy atom. The van der Waals surface area contributed by atoms with Crippen LogP contribution in [0, 0.1) is 6.92 Å². The highest BCUT2D eigenvalue weighted by molar-refractivity contribution is 8.18. The highest BCUT2D eigenvalue weighted by atomic mass is 32.2. The van der Waals surface area contributed by atoms with Crippen molar-refractivity contribution < 1.29 is 23.9 Å². The lowest BCUT2D eigenvalue weighted by molar-refractivity contribution is -0.121. The van der Waals surface area contributed by atoms with Gasteiger partial charge in [0.2, 0.25) is 0 Å². The Kier molecular flexibility index (Phi) is 6.23. The lowest BCUT2D eigenvalue weighted by atomic mass is 10.2. The second-order valence-corrected chi connectivity index (χ2v) is 7.30. The first kappa shape index (κ1) is 20.5. The predicted molar refractivity (Wildman–Crippen MR) is 112 cm³/mol. The number of hydrogen-bond acceptors (Lipinski definition) is 6. The Labute approximate surface area is 172 Å². The number of thioether (sulfide) groups is 1. The molecule has 0 aromatic heterocycles. The fourth-order valence-corrected chi connectivity index (χ4v) is 3.46. The van der Waals surface area contributed by atoms with Gasteiger partial charge in [0.25, 0.3) is 17.1 Å². The molecule has 0 saturated carbocycles. The quantitative estimate of drug-likeness (QED) is 0.729. The van der Waals surface area contributed by atoms with Crippen LogP contribution < -0.4 is 14.8 Å². The number of rotatable bonds is 6. The average molecular weight is 412 g/mol. The van der Waals surface area contributed by atoms with E-state index < -0.39 is 0 Å². The summed E-state index contributed by atoms with van der Waals surface area (Å²) in [4.78, 5) is 37.2. The molecule has 0 unspecified atom stereocenters. The van der Waals surface area contributed by atoms with Crippen molar-refractivity contribution in [2.24, 2.45) is 0 Å². The van der Waals surface area contributed by atoms with Gasteiger partial charge in [-0.2, -0.15) is 0 Å². The van der Waals surface area contributed by atoms with Crippen LogP contribution in [-0.4, -0.2) is 42.7 Å². The summed E-state index contributed by atoms with van der Waals surface area (Å²) in [5, 5.41) is 2.49. The molecule has 1 aliphatic rings. The number of likely N-dealkylation sites (N-methyl/N-ethyl adjacent to an activating group) is 1. The molecule has 7 nitrogen and oxygen atoms in total. The number of hydrogen-bond donors (Lipinski definition) is 1. The number of nitrogens with one attached hydrogen (secondary N) is 1. The van der Waals surface area contributed by atoms with Crippen molar-refractivity contribution in [2.45, 2.75) is 6.92 Å². The van der Waals surface area contributed by atoms with E-state index in [1.165, 1.54) is 14.2 Å². The van der Waals surface area contributed by atoms with E-state index in [4.69, 9.17) is 9.47 Å². The van der Waals surface area contributed by atoms with Crippen molar-refractivity contribution in [3.8, 4) is 11.5 Å². The summed E-state index contributed by atoms with van der Waals surface area (Å²) in [5.74, 6) is 0.181. The zero-order chi connectivity index (χ0) is 21.0. The zero-order valence-corrected chi connectivity index (χ0v) is 17.0. The summed E-state index contributed by atoms with van der Waals surface area (Å²) in [7, 11) is 2.93. The van der Waals surface area contributed by atoms with Crippen LogP contribution in [-0.2, 0) is 9.59 Å². The van der Waals surface area contributed by atoms with Crippen molar-refractivity contribution in [1.82, 2.24) is 4.90 Å². The first-order valence-corrected chi connectivity index (χ1v) is 9.58. The van der Waals surface area contributed by atoms with Gasteiger partial charge in [-0.15, -0.1) is 0 Å². The van der Waals surface area contributed by atoms with Crippen molar-refractivity contribution in [2.75, 3.05) is 26.1 Å². The monoisotopic (exact) mass is 412 g/mol. The minimum atomic E-state index is -0.341. The van der Waals surface area contributed by atoms with E-state index in [1.807, 2.05) is 31.2 Å². The summed E-state index contributed by atoms with van der Waals surface area (Å²) >= 11 is 0.884. The van der Waals surface area contributed by atoms with Crippen LogP contribution in [0.1, 0.15) is 11.1 Å². The predicted octanol–water partition coefficient (Wildman–Crippen LogP) is 3.69. The van der Waals surface area contributed by atoms with Gasteiger partial charge in [0, 0.05) is 12.7 Å². The summed E-state index contributed by atoms with van der Waals surface area (Å²) in [5.41, 5.74) is 2.37. The third-order valence-corrected chi connectivity index (χ3v) is 5.21. The molecule has 0 bridgehead atoms. The van der Waals surface area contributed by atoms with Gasteiger partial charge in [-0.3, -0.25) is 19.3 Å².